The summed E-state index contributed by atoms with van der Waals surface area (Å²) in [5.41, 5.74) is 6.38. The molecular formula is C9H5Br2NO2S. The molecule has 0 bridgehead atoms. The lowest BCUT2D eigenvalue weighted by atomic mass is 10.2. The lowest BCUT2D eigenvalue weighted by Crippen LogP contribution is -1.90. The van der Waals surface area contributed by atoms with Crippen LogP contribution < -0.4 is 5.73 Å². The van der Waals surface area contributed by atoms with Gasteiger partial charge in [0.15, 0.2) is 0 Å². The first kappa shape index (κ1) is 10.9. The maximum absolute atomic E-state index is 10.8. The number of hydrogen-bond donors (Lipinski definition) is 2. The van der Waals surface area contributed by atoms with Crippen LogP contribution in [0, 0.1) is 0 Å². The summed E-state index contributed by atoms with van der Waals surface area (Å²) in [6, 6.07) is 3.45. The van der Waals surface area contributed by atoms with Gasteiger partial charge in [0, 0.05) is 14.6 Å². The third kappa shape index (κ3) is 1.77. The third-order valence-corrected chi connectivity index (χ3v) is 4.54. The van der Waals surface area contributed by atoms with E-state index in [1.165, 1.54) is 11.3 Å². The van der Waals surface area contributed by atoms with Crippen molar-refractivity contribution in [3.05, 3.63) is 26.0 Å². The van der Waals surface area contributed by atoms with E-state index in [1.807, 2.05) is 6.07 Å². The summed E-state index contributed by atoms with van der Waals surface area (Å²) in [7, 11) is 0. The van der Waals surface area contributed by atoms with Crippen LogP contribution in [0.5, 0.6) is 0 Å². The van der Waals surface area contributed by atoms with E-state index in [4.69, 9.17) is 10.8 Å². The molecule has 0 radical (unpaired) electrons. The van der Waals surface area contributed by atoms with E-state index < -0.39 is 5.97 Å². The monoisotopic (exact) mass is 349 g/mol. The molecule has 0 aliphatic rings. The Morgan fingerprint density at radius 1 is 1.40 bits per heavy atom. The Bertz CT molecular complexity index is 565. The van der Waals surface area contributed by atoms with Gasteiger partial charge in [0.05, 0.1) is 10.2 Å². The number of hydrogen-bond acceptors (Lipinski definition) is 3. The Morgan fingerprint density at radius 2 is 2.07 bits per heavy atom. The second-order valence-electron chi connectivity index (χ2n) is 2.91. The molecule has 15 heavy (non-hydrogen) atoms. The lowest BCUT2D eigenvalue weighted by Gasteiger charge is -2.01. The van der Waals surface area contributed by atoms with Gasteiger partial charge in [0.2, 0.25) is 0 Å². The molecule has 3 N–H and O–H groups in total. The molecule has 2 rings (SSSR count). The molecule has 0 aliphatic heterocycles. The first-order valence-electron chi connectivity index (χ1n) is 3.91. The van der Waals surface area contributed by atoms with Gasteiger partial charge in [-0.2, -0.15) is 0 Å². The summed E-state index contributed by atoms with van der Waals surface area (Å²) in [6.45, 7) is 0. The van der Waals surface area contributed by atoms with Gasteiger partial charge in [-0.1, -0.05) is 0 Å². The van der Waals surface area contributed by atoms with Crippen LogP contribution in [0.4, 0.5) is 5.69 Å². The molecule has 6 heteroatoms. The molecule has 0 amide bonds. The summed E-state index contributed by atoms with van der Waals surface area (Å²) in [5, 5.41) is 9.70. The molecule has 1 aromatic carbocycles. The SMILES string of the molecule is Nc1c(Br)cc2sc(C(=O)O)cc2c1Br. The summed E-state index contributed by atoms with van der Waals surface area (Å²) in [6.07, 6.45) is 0. The first-order valence-corrected chi connectivity index (χ1v) is 6.31. The quantitative estimate of drug-likeness (QED) is 0.770. The van der Waals surface area contributed by atoms with Crippen LogP contribution in [-0.4, -0.2) is 11.1 Å². The van der Waals surface area contributed by atoms with Crippen molar-refractivity contribution in [1.82, 2.24) is 0 Å². The highest BCUT2D eigenvalue weighted by molar-refractivity contribution is 9.11. The van der Waals surface area contributed by atoms with Crippen LogP contribution in [0.25, 0.3) is 10.1 Å². The maximum Gasteiger partial charge on any atom is 0.345 e. The van der Waals surface area contributed by atoms with Gasteiger partial charge in [0.25, 0.3) is 0 Å². The number of carboxylic acid groups (broad SMARTS) is 1. The normalized spacial score (nSPS) is 10.8. The number of benzene rings is 1. The van der Waals surface area contributed by atoms with Crippen molar-refractivity contribution in [2.24, 2.45) is 0 Å². The van der Waals surface area contributed by atoms with E-state index in [1.54, 1.807) is 6.07 Å². The van der Waals surface area contributed by atoms with E-state index in [9.17, 15) is 4.79 Å². The smallest absolute Gasteiger partial charge is 0.345 e. The Balaban J connectivity index is 2.82. The van der Waals surface area contributed by atoms with Gasteiger partial charge in [-0.15, -0.1) is 11.3 Å². The first-order chi connectivity index (χ1) is 7.00. The summed E-state index contributed by atoms with van der Waals surface area (Å²) in [5.74, 6) is -0.919. The van der Waals surface area contributed by atoms with Gasteiger partial charge in [-0.3, -0.25) is 0 Å². The molecule has 0 fully saturated rings. The van der Waals surface area contributed by atoms with Crippen LogP contribution in [-0.2, 0) is 0 Å². The molecule has 78 valence electrons. The molecule has 0 saturated carbocycles. The largest absolute Gasteiger partial charge is 0.477 e. The van der Waals surface area contributed by atoms with E-state index in [0.29, 0.717) is 10.6 Å². The molecular weight excluding hydrogens is 346 g/mol. The van der Waals surface area contributed by atoms with E-state index in [-0.39, 0.29) is 0 Å². The average Bonchev–Trinajstić information content (AvgIpc) is 2.58. The molecule has 2 aromatic rings. The Labute approximate surface area is 106 Å². The van der Waals surface area contributed by atoms with Crippen molar-refractivity contribution in [3.63, 3.8) is 0 Å². The number of halogens is 2. The van der Waals surface area contributed by atoms with E-state index >= 15 is 0 Å². The molecule has 0 atom stereocenters. The van der Waals surface area contributed by atoms with Gasteiger partial charge < -0.3 is 10.8 Å². The fraction of sp³-hybridized carbons (Fsp3) is 0. The Hall–Kier alpha value is -0.590. The molecule has 1 heterocycles. The lowest BCUT2D eigenvalue weighted by molar-refractivity contribution is 0.0702. The van der Waals surface area contributed by atoms with E-state index in [0.717, 1.165) is 19.0 Å². The molecule has 1 aromatic heterocycles. The van der Waals surface area contributed by atoms with Gasteiger partial charge >= 0.3 is 5.97 Å². The number of anilines is 1. The number of nitrogen functional groups attached to an aromatic ring is 1. The molecule has 3 nitrogen and oxygen atoms in total. The van der Waals surface area contributed by atoms with Gasteiger partial charge in [-0.05, 0) is 44.0 Å². The molecule has 0 spiro atoms. The maximum atomic E-state index is 10.8. The fourth-order valence-electron chi connectivity index (χ4n) is 1.23. The summed E-state index contributed by atoms with van der Waals surface area (Å²) < 4.78 is 2.39. The van der Waals surface area contributed by atoms with Crippen LogP contribution >= 0.6 is 43.2 Å². The highest BCUT2D eigenvalue weighted by Crippen LogP contribution is 2.39. The zero-order valence-corrected chi connectivity index (χ0v) is 11.2. The van der Waals surface area contributed by atoms with Crippen LogP contribution in [0.2, 0.25) is 0 Å². The highest BCUT2D eigenvalue weighted by Gasteiger charge is 2.13. The van der Waals surface area contributed by atoms with Crippen LogP contribution in [0.15, 0.2) is 21.1 Å². The highest BCUT2D eigenvalue weighted by atomic mass is 79.9. The average molecular weight is 351 g/mol. The predicted octanol–water partition coefficient (Wildman–Crippen LogP) is 3.71. The standard InChI is InChI=1S/C9H5Br2NO2S/c10-4-2-5-3(7(11)8(4)12)1-6(15-5)9(13)14/h1-2H,12H2,(H,13,14). The van der Waals surface area contributed by atoms with Crippen molar-refractivity contribution < 1.29 is 9.90 Å². The van der Waals surface area contributed by atoms with Gasteiger partial charge in [0.1, 0.15) is 4.88 Å². The summed E-state index contributed by atoms with van der Waals surface area (Å²) in [4.78, 5) is 11.1. The minimum absolute atomic E-state index is 0.309. The number of thiophene rings is 1. The number of nitrogens with two attached hydrogens (primary N) is 1. The number of fused-ring (bicyclic) bond motifs is 1. The minimum atomic E-state index is -0.919. The number of rotatable bonds is 1. The molecule has 0 unspecified atom stereocenters. The second-order valence-corrected chi connectivity index (χ2v) is 5.64. The number of carbonyl (C=O) groups is 1. The van der Waals surface area contributed by atoms with Crippen LogP contribution in [0.3, 0.4) is 0 Å². The Morgan fingerprint density at radius 3 is 2.67 bits per heavy atom. The minimum Gasteiger partial charge on any atom is -0.477 e. The number of aromatic carboxylic acids is 1. The van der Waals surface area contributed by atoms with Crippen molar-refractivity contribution in [2.45, 2.75) is 0 Å². The number of carboxylic acids is 1. The summed E-state index contributed by atoms with van der Waals surface area (Å²) >= 11 is 7.90. The topological polar surface area (TPSA) is 63.3 Å². The van der Waals surface area contributed by atoms with E-state index in [2.05, 4.69) is 31.9 Å². The second kappa shape index (κ2) is 3.77. The Kier molecular flexibility index (Phi) is 2.74. The van der Waals surface area contributed by atoms with Gasteiger partial charge in [-0.25, -0.2) is 4.79 Å². The zero-order valence-electron chi connectivity index (χ0n) is 7.25. The van der Waals surface area contributed by atoms with Crippen molar-refractivity contribution in [2.75, 3.05) is 5.73 Å². The van der Waals surface area contributed by atoms with Crippen molar-refractivity contribution in [1.29, 1.82) is 0 Å². The van der Waals surface area contributed by atoms with Crippen molar-refractivity contribution in [3.8, 4) is 0 Å². The molecule has 0 aliphatic carbocycles. The van der Waals surface area contributed by atoms with Crippen molar-refractivity contribution >= 4 is 64.9 Å². The third-order valence-electron chi connectivity index (χ3n) is 1.96. The fourth-order valence-corrected chi connectivity index (χ4v) is 3.70. The van der Waals surface area contributed by atoms with Crippen LogP contribution in [0.1, 0.15) is 9.67 Å². The molecule has 0 saturated heterocycles. The zero-order chi connectivity index (χ0) is 11.2. The predicted molar refractivity (Wildman–Crippen MR) is 68.6 cm³/mol.